The molecule has 88 valence electrons. The number of imidazole rings is 1. The third-order valence-corrected chi connectivity index (χ3v) is 4.10. The van der Waals surface area contributed by atoms with Gasteiger partial charge in [0, 0.05) is 37.6 Å². The number of hydrogen-bond acceptors (Lipinski definition) is 3. The van der Waals surface area contributed by atoms with E-state index in [4.69, 9.17) is 0 Å². The second kappa shape index (κ2) is 4.18. The van der Waals surface area contributed by atoms with Gasteiger partial charge in [0.25, 0.3) is 0 Å². The highest BCUT2D eigenvalue weighted by molar-refractivity contribution is 4.98. The molecule has 0 bridgehead atoms. The fourth-order valence-corrected chi connectivity index (χ4v) is 3.06. The van der Waals surface area contributed by atoms with Crippen molar-refractivity contribution in [3.05, 3.63) is 18.2 Å². The van der Waals surface area contributed by atoms with Crippen molar-refractivity contribution in [2.24, 2.45) is 0 Å². The standard InChI is InChI=1S/C12H20N4/c1-13-10-2-3-11(8-10)16-7-6-15-5-4-14-12(15)9-16/h4-5,10-11,13H,2-3,6-9H2,1H3. The molecular formula is C12H20N4. The molecule has 2 atom stereocenters. The Morgan fingerprint density at radius 3 is 3.12 bits per heavy atom. The zero-order valence-corrected chi connectivity index (χ0v) is 9.89. The van der Waals surface area contributed by atoms with Crippen LogP contribution >= 0.6 is 0 Å². The molecule has 1 aromatic rings. The van der Waals surface area contributed by atoms with Crippen LogP contribution in [0.3, 0.4) is 0 Å². The van der Waals surface area contributed by atoms with Gasteiger partial charge in [-0.1, -0.05) is 0 Å². The zero-order valence-electron chi connectivity index (χ0n) is 9.89. The van der Waals surface area contributed by atoms with Crippen molar-refractivity contribution < 1.29 is 0 Å². The quantitative estimate of drug-likeness (QED) is 0.802. The average Bonchev–Trinajstić information content (AvgIpc) is 2.96. The Bertz CT molecular complexity index is 360. The molecule has 3 rings (SSSR count). The fraction of sp³-hybridized carbons (Fsp3) is 0.750. The van der Waals surface area contributed by atoms with E-state index < -0.39 is 0 Å². The Morgan fingerprint density at radius 1 is 1.38 bits per heavy atom. The number of hydrogen-bond donors (Lipinski definition) is 1. The smallest absolute Gasteiger partial charge is 0.122 e. The summed E-state index contributed by atoms with van der Waals surface area (Å²) in [6, 6.07) is 1.49. The molecule has 4 heteroatoms. The van der Waals surface area contributed by atoms with Crippen LogP contribution in [0.4, 0.5) is 0 Å². The number of nitrogens with zero attached hydrogens (tertiary/aromatic N) is 3. The van der Waals surface area contributed by atoms with Crippen LogP contribution in [0.5, 0.6) is 0 Å². The number of fused-ring (bicyclic) bond motifs is 1. The van der Waals surface area contributed by atoms with Crippen LogP contribution in [0.2, 0.25) is 0 Å². The molecule has 1 aromatic heterocycles. The summed E-state index contributed by atoms with van der Waals surface area (Å²) in [5, 5.41) is 3.40. The second-order valence-electron chi connectivity index (χ2n) is 4.96. The first kappa shape index (κ1) is 10.3. The summed E-state index contributed by atoms with van der Waals surface area (Å²) >= 11 is 0. The third-order valence-electron chi connectivity index (χ3n) is 4.10. The summed E-state index contributed by atoms with van der Waals surface area (Å²) in [7, 11) is 2.08. The number of rotatable bonds is 2. The van der Waals surface area contributed by atoms with E-state index in [0.717, 1.165) is 25.2 Å². The van der Waals surface area contributed by atoms with Crippen molar-refractivity contribution >= 4 is 0 Å². The summed E-state index contributed by atoms with van der Waals surface area (Å²) in [6.07, 6.45) is 7.98. The maximum absolute atomic E-state index is 4.42. The van der Waals surface area contributed by atoms with Crippen LogP contribution in [-0.4, -0.2) is 40.1 Å². The molecular weight excluding hydrogens is 200 g/mol. The molecule has 1 fully saturated rings. The molecule has 2 heterocycles. The number of nitrogens with one attached hydrogen (secondary N) is 1. The highest BCUT2D eigenvalue weighted by Crippen LogP contribution is 2.26. The maximum atomic E-state index is 4.42. The molecule has 0 spiro atoms. The molecule has 0 aromatic carbocycles. The molecule has 1 aliphatic carbocycles. The van der Waals surface area contributed by atoms with Crippen molar-refractivity contribution in [3.63, 3.8) is 0 Å². The van der Waals surface area contributed by atoms with Crippen LogP contribution < -0.4 is 5.32 Å². The zero-order chi connectivity index (χ0) is 11.0. The van der Waals surface area contributed by atoms with Crippen molar-refractivity contribution in [1.82, 2.24) is 19.8 Å². The van der Waals surface area contributed by atoms with Crippen LogP contribution in [0.15, 0.2) is 12.4 Å². The van der Waals surface area contributed by atoms with Crippen molar-refractivity contribution in [3.8, 4) is 0 Å². The van der Waals surface area contributed by atoms with Crippen LogP contribution in [-0.2, 0) is 13.1 Å². The fourth-order valence-electron chi connectivity index (χ4n) is 3.06. The van der Waals surface area contributed by atoms with Gasteiger partial charge in [-0.15, -0.1) is 0 Å². The summed E-state index contributed by atoms with van der Waals surface area (Å²) in [5.74, 6) is 1.24. The van der Waals surface area contributed by atoms with E-state index in [1.807, 2.05) is 6.20 Å². The van der Waals surface area contributed by atoms with Gasteiger partial charge in [0.05, 0.1) is 6.54 Å². The lowest BCUT2D eigenvalue weighted by atomic mass is 10.2. The molecule has 16 heavy (non-hydrogen) atoms. The van der Waals surface area contributed by atoms with E-state index >= 15 is 0 Å². The largest absolute Gasteiger partial charge is 0.333 e. The van der Waals surface area contributed by atoms with E-state index in [0.29, 0.717) is 0 Å². The van der Waals surface area contributed by atoms with Gasteiger partial charge in [0.1, 0.15) is 5.82 Å². The van der Waals surface area contributed by atoms with E-state index in [1.54, 1.807) is 0 Å². The van der Waals surface area contributed by atoms with Gasteiger partial charge in [0.15, 0.2) is 0 Å². The monoisotopic (exact) mass is 220 g/mol. The summed E-state index contributed by atoms with van der Waals surface area (Å²) in [4.78, 5) is 7.03. The maximum Gasteiger partial charge on any atom is 0.122 e. The molecule has 1 saturated carbocycles. The first-order chi connectivity index (χ1) is 7.86. The minimum Gasteiger partial charge on any atom is -0.333 e. The minimum absolute atomic E-state index is 0.728. The Hall–Kier alpha value is -0.870. The lowest BCUT2D eigenvalue weighted by Crippen LogP contribution is -2.40. The lowest BCUT2D eigenvalue weighted by molar-refractivity contribution is 0.153. The van der Waals surface area contributed by atoms with Crippen molar-refractivity contribution in [2.45, 2.75) is 44.4 Å². The van der Waals surface area contributed by atoms with Gasteiger partial charge in [0.2, 0.25) is 0 Å². The van der Waals surface area contributed by atoms with E-state index in [-0.39, 0.29) is 0 Å². The lowest BCUT2D eigenvalue weighted by Gasteiger charge is -2.32. The van der Waals surface area contributed by atoms with E-state index in [1.165, 1.54) is 31.6 Å². The van der Waals surface area contributed by atoms with Gasteiger partial charge in [-0.3, -0.25) is 4.90 Å². The predicted molar refractivity (Wildman–Crippen MR) is 63.1 cm³/mol. The summed E-state index contributed by atoms with van der Waals surface area (Å²) in [6.45, 7) is 3.33. The Labute approximate surface area is 96.7 Å². The number of aromatic nitrogens is 2. The first-order valence-electron chi connectivity index (χ1n) is 6.28. The van der Waals surface area contributed by atoms with Crippen LogP contribution in [0, 0.1) is 0 Å². The molecule has 4 nitrogen and oxygen atoms in total. The van der Waals surface area contributed by atoms with Gasteiger partial charge in [-0.25, -0.2) is 4.98 Å². The van der Waals surface area contributed by atoms with Gasteiger partial charge in [-0.2, -0.15) is 0 Å². The molecule has 2 unspecified atom stereocenters. The Morgan fingerprint density at radius 2 is 2.31 bits per heavy atom. The van der Waals surface area contributed by atoms with Crippen LogP contribution in [0.25, 0.3) is 0 Å². The Kier molecular flexibility index (Phi) is 2.69. The summed E-state index contributed by atoms with van der Waals surface area (Å²) in [5.41, 5.74) is 0. The molecule has 0 radical (unpaired) electrons. The Balaban J connectivity index is 1.66. The predicted octanol–water partition coefficient (Wildman–Crippen LogP) is 0.839. The van der Waals surface area contributed by atoms with Crippen molar-refractivity contribution in [1.29, 1.82) is 0 Å². The third kappa shape index (κ3) is 1.76. The first-order valence-corrected chi connectivity index (χ1v) is 6.28. The average molecular weight is 220 g/mol. The van der Waals surface area contributed by atoms with Gasteiger partial charge < -0.3 is 9.88 Å². The normalized spacial score (nSPS) is 30.6. The summed E-state index contributed by atoms with van der Waals surface area (Å²) < 4.78 is 2.28. The molecule has 2 aliphatic rings. The van der Waals surface area contributed by atoms with Gasteiger partial charge in [-0.05, 0) is 26.3 Å². The molecule has 0 amide bonds. The highest BCUT2D eigenvalue weighted by atomic mass is 15.3. The molecule has 1 N–H and O–H groups in total. The molecule has 1 aliphatic heterocycles. The minimum atomic E-state index is 0.728. The topological polar surface area (TPSA) is 33.1 Å². The second-order valence-corrected chi connectivity index (χ2v) is 4.96. The van der Waals surface area contributed by atoms with E-state index in [9.17, 15) is 0 Å². The highest BCUT2D eigenvalue weighted by Gasteiger charge is 2.30. The van der Waals surface area contributed by atoms with Gasteiger partial charge >= 0.3 is 0 Å². The molecule has 0 saturated heterocycles. The van der Waals surface area contributed by atoms with Crippen molar-refractivity contribution in [2.75, 3.05) is 13.6 Å². The van der Waals surface area contributed by atoms with E-state index in [2.05, 4.69) is 33.0 Å². The SMILES string of the molecule is CNC1CCC(N2CCn3ccnc3C2)C1. The van der Waals surface area contributed by atoms with Crippen LogP contribution in [0.1, 0.15) is 25.1 Å².